The smallest absolute Gasteiger partial charge is 0.239 e. The van der Waals surface area contributed by atoms with E-state index in [0.717, 1.165) is 24.9 Å². The SMILES string of the molecule is COc1cc(CN(C)C(=O)[C@@H]2CCCN2)ccc1O.Cl. The molecule has 1 aliphatic rings. The summed E-state index contributed by atoms with van der Waals surface area (Å²) in [6.45, 7) is 1.42. The van der Waals surface area contributed by atoms with E-state index in [1.807, 2.05) is 0 Å². The first-order chi connectivity index (χ1) is 9.11. The van der Waals surface area contributed by atoms with Crippen LogP contribution in [0.15, 0.2) is 18.2 Å². The summed E-state index contributed by atoms with van der Waals surface area (Å²) >= 11 is 0. The van der Waals surface area contributed by atoms with Crippen LogP contribution in [0.4, 0.5) is 0 Å². The normalized spacial score (nSPS) is 17.4. The maximum Gasteiger partial charge on any atom is 0.239 e. The van der Waals surface area contributed by atoms with Crippen LogP contribution in [0.25, 0.3) is 0 Å². The second-order valence-corrected chi connectivity index (χ2v) is 4.85. The topological polar surface area (TPSA) is 61.8 Å². The highest BCUT2D eigenvalue weighted by atomic mass is 35.5. The summed E-state index contributed by atoms with van der Waals surface area (Å²) in [4.78, 5) is 13.9. The van der Waals surface area contributed by atoms with E-state index in [2.05, 4.69) is 5.32 Å². The molecule has 1 aliphatic heterocycles. The fourth-order valence-corrected chi connectivity index (χ4v) is 2.33. The van der Waals surface area contributed by atoms with Crippen molar-refractivity contribution in [2.45, 2.75) is 25.4 Å². The third kappa shape index (κ3) is 3.77. The molecule has 112 valence electrons. The Morgan fingerprint density at radius 1 is 1.55 bits per heavy atom. The third-order valence-electron chi connectivity index (χ3n) is 3.40. The molecule has 0 radical (unpaired) electrons. The third-order valence-corrected chi connectivity index (χ3v) is 3.40. The lowest BCUT2D eigenvalue weighted by atomic mass is 10.1. The van der Waals surface area contributed by atoms with Gasteiger partial charge in [-0.1, -0.05) is 6.07 Å². The van der Waals surface area contributed by atoms with Crippen LogP contribution in [0.3, 0.4) is 0 Å². The van der Waals surface area contributed by atoms with E-state index in [0.29, 0.717) is 12.3 Å². The number of hydrogen-bond donors (Lipinski definition) is 2. The van der Waals surface area contributed by atoms with Crippen LogP contribution in [0.2, 0.25) is 0 Å². The van der Waals surface area contributed by atoms with Gasteiger partial charge >= 0.3 is 0 Å². The van der Waals surface area contributed by atoms with Gasteiger partial charge in [-0.15, -0.1) is 12.4 Å². The van der Waals surface area contributed by atoms with Crippen LogP contribution in [0.5, 0.6) is 11.5 Å². The van der Waals surface area contributed by atoms with E-state index in [9.17, 15) is 9.90 Å². The molecule has 0 aromatic heterocycles. The van der Waals surface area contributed by atoms with Crippen molar-refractivity contribution in [2.75, 3.05) is 20.7 Å². The highest BCUT2D eigenvalue weighted by Gasteiger charge is 2.24. The Hall–Kier alpha value is -1.46. The summed E-state index contributed by atoms with van der Waals surface area (Å²) in [6, 6.07) is 5.08. The summed E-state index contributed by atoms with van der Waals surface area (Å²) in [5.41, 5.74) is 0.934. The first kappa shape index (κ1) is 16.6. The zero-order chi connectivity index (χ0) is 13.8. The number of aromatic hydroxyl groups is 1. The second-order valence-electron chi connectivity index (χ2n) is 4.85. The lowest BCUT2D eigenvalue weighted by Gasteiger charge is -2.21. The van der Waals surface area contributed by atoms with E-state index in [-0.39, 0.29) is 30.1 Å². The molecule has 1 atom stereocenters. The summed E-state index contributed by atoms with van der Waals surface area (Å²) < 4.78 is 5.06. The van der Waals surface area contributed by atoms with Gasteiger partial charge in [-0.05, 0) is 37.1 Å². The van der Waals surface area contributed by atoms with E-state index in [4.69, 9.17) is 4.74 Å². The molecule has 2 N–H and O–H groups in total. The summed E-state index contributed by atoms with van der Waals surface area (Å²) in [5.74, 6) is 0.652. The Labute approximate surface area is 125 Å². The Balaban J connectivity index is 0.00000200. The quantitative estimate of drug-likeness (QED) is 0.885. The number of nitrogens with zero attached hydrogens (tertiary/aromatic N) is 1. The van der Waals surface area contributed by atoms with Crippen LogP contribution in [0, 0.1) is 0 Å². The first-order valence-electron chi connectivity index (χ1n) is 6.46. The van der Waals surface area contributed by atoms with Gasteiger partial charge in [0.05, 0.1) is 13.2 Å². The van der Waals surface area contributed by atoms with E-state index in [1.165, 1.54) is 7.11 Å². The molecule has 0 unspecified atom stereocenters. The van der Waals surface area contributed by atoms with E-state index >= 15 is 0 Å². The number of phenolic OH excluding ortho intramolecular Hbond substituents is 1. The van der Waals surface area contributed by atoms with Gasteiger partial charge in [0, 0.05) is 13.6 Å². The lowest BCUT2D eigenvalue weighted by molar-refractivity contribution is -0.132. The van der Waals surface area contributed by atoms with Crippen molar-refractivity contribution in [1.29, 1.82) is 0 Å². The summed E-state index contributed by atoms with van der Waals surface area (Å²) in [5, 5.41) is 12.7. The molecule has 0 bridgehead atoms. The number of methoxy groups -OCH3 is 1. The average Bonchev–Trinajstić information content (AvgIpc) is 2.94. The van der Waals surface area contributed by atoms with Crippen molar-refractivity contribution in [1.82, 2.24) is 10.2 Å². The van der Waals surface area contributed by atoms with Gasteiger partial charge < -0.3 is 20.1 Å². The van der Waals surface area contributed by atoms with Crippen molar-refractivity contribution in [2.24, 2.45) is 0 Å². The number of likely N-dealkylation sites (N-methyl/N-ethyl adjacent to an activating group) is 1. The Bertz CT molecular complexity index is 462. The highest BCUT2D eigenvalue weighted by Crippen LogP contribution is 2.26. The molecule has 0 spiro atoms. The Morgan fingerprint density at radius 2 is 2.30 bits per heavy atom. The summed E-state index contributed by atoms with van der Waals surface area (Å²) in [6.07, 6.45) is 1.96. The number of rotatable bonds is 4. The second kappa shape index (κ2) is 7.36. The number of amides is 1. The van der Waals surface area contributed by atoms with E-state index in [1.54, 1.807) is 30.1 Å². The molecule has 20 heavy (non-hydrogen) atoms. The molecule has 1 fully saturated rings. The molecule has 0 aliphatic carbocycles. The van der Waals surface area contributed by atoms with Gasteiger partial charge in [0.1, 0.15) is 0 Å². The molecule has 1 heterocycles. The van der Waals surface area contributed by atoms with Gasteiger partial charge in [0.25, 0.3) is 0 Å². The van der Waals surface area contributed by atoms with Crippen LogP contribution in [-0.2, 0) is 11.3 Å². The number of hydrogen-bond acceptors (Lipinski definition) is 4. The predicted octanol–water partition coefficient (Wildman–Crippen LogP) is 1.53. The predicted molar refractivity (Wildman–Crippen MR) is 79.4 cm³/mol. The Morgan fingerprint density at radius 3 is 2.90 bits per heavy atom. The minimum atomic E-state index is -0.0518. The van der Waals surface area contributed by atoms with Gasteiger partial charge in [0.15, 0.2) is 11.5 Å². The molecule has 1 amide bonds. The van der Waals surface area contributed by atoms with Gasteiger partial charge in [0.2, 0.25) is 5.91 Å². The molecular weight excluding hydrogens is 280 g/mol. The average molecular weight is 301 g/mol. The molecule has 1 aromatic carbocycles. The number of carbonyl (C=O) groups excluding carboxylic acids is 1. The monoisotopic (exact) mass is 300 g/mol. The minimum absolute atomic E-state index is 0. The minimum Gasteiger partial charge on any atom is -0.504 e. The fourth-order valence-electron chi connectivity index (χ4n) is 2.33. The number of ether oxygens (including phenoxy) is 1. The number of carbonyl (C=O) groups is 1. The zero-order valence-electron chi connectivity index (χ0n) is 11.8. The molecule has 6 heteroatoms. The maximum atomic E-state index is 12.2. The van der Waals surface area contributed by atoms with Gasteiger partial charge in [-0.3, -0.25) is 4.79 Å². The lowest BCUT2D eigenvalue weighted by Crippen LogP contribution is -2.41. The molecule has 1 saturated heterocycles. The summed E-state index contributed by atoms with van der Waals surface area (Å²) in [7, 11) is 3.30. The molecular formula is C14H21ClN2O3. The van der Waals surface area contributed by atoms with Crippen molar-refractivity contribution in [3.8, 4) is 11.5 Å². The highest BCUT2D eigenvalue weighted by molar-refractivity contribution is 5.85. The van der Waals surface area contributed by atoms with Crippen LogP contribution in [0.1, 0.15) is 18.4 Å². The van der Waals surface area contributed by atoms with Crippen molar-refractivity contribution in [3.63, 3.8) is 0 Å². The molecule has 0 saturated carbocycles. The van der Waals surface area contributed by atoms with Gasteiger partial charge in [-0.25, -0.2) is 0 Å². The van der Waals surface area contributed by atoms with Crippen LogP contribution < -0.4 is 10.1 Å². The molecule has 5 nitrogen and oxygen atoms in total. The standard InChI is InChI=1S/C14H20N2O3.ClH/c1-16(14(18)11-4-3-7-15-11)9-10-5-6-12(17)13(8-10)19-2;/h5-6,8,11,15,17H,3-4,7,9H2,1-2H3;1H/t11-;/m0./s1. The maximum absolute atomic E-state index is 12.2. The van der Waals surface area contributed by atoms with E-state index < -0.39 is 0 Å². The van der Waals surface area contributed by atoms with Crippen molar-refractivity contribution < 1.29 is 14.6 Å². The van der Waals surface area contributed by atoms with Gasteiger partial charge in [-0.2, -0.15) is 0 Å². The largest absolute Gasteiger partial charge is 0.504 e. The van der Waals surface area contributed by atoms with Crippen molar-refractivity contribution in [3.05, 3.63) is 23.8 Å². The van der Waals surface area contributed by atoms with Crippen molar-refractivity contribution >= 4 is 18.3 Å². The number of phenols is 1. The number of benzene rings is 1. The fraction of sp³-hybridized carbons (Fsp3) is 0.500. The number of nitrogens with one attached hydrogen (secondary N) is 1. The first-order valence-corrected chi connectivity index (χ1v) is 6.46. The van der Waals surface area contributed by atoms with Crippen LogP contribution in [-0.4, -0.2) is 42.7 Å². The number of halogens is 1. The molecule has 2 rings (SSSR count). The van der Waals surface area contributed by atoms with Crippen LogP contribution >= 0.6 is 12.4 Å². The zero-order valence-corrected chi connectivity index (χ0v) is 12.6. The molecule has 1 aromatic rings. The Kier molecular flexibility index (Phi) is 6.10.